The van der Waals surface area contributed by atoms with E-state index >= 15 is 0 Å². The number of hydrogen-bond acceptors (Lipinski definition) is 3. The van der Waals surface area contributed by atoms with Gasteiger partial charge in [-0.3, -0.25) is 4.90 Å². The van der Waals surface area contributed by atoms with Crippen LogP contribution in [-0.2, 0) is 4.74 Å². The smallest absolute Gasteiger partial charge is 0.0589 e. The van der Waals surface area contributed by atoms with E-state index in [0.717, 1.165) is 31.7 Å². The van der Waals surface area contributed by atoms with Crippen LogP contribution in [0.3, 0.4) is 0 Å². The molecule has 0 saturated heterocycles. The van der Waals surface area contributed by atoms with E-state index in [1.165, 1.54) is 38.5 Å². The SMILES string of the molecule is COCCN(CC1(CO)CCCC(C)C1)C1CC1. The Labute approximate surface area is 112 Å². The van der Waals surface area contributed by atoms with Crippen molar-refractivity contribution in [2.45, 2.75) is 51.5 Å². The van der Waals surface area contributed by atoms with E-state index in [2.05, 4.69) is 11.8 Å². The molecule has 2 saturated carbocycles. The highest BCUT2D eigenvalue weighted by atomic mass is 16.5. The van der Waals surface area contributed by atoms with Crippen LogP contribution in [0.5, 0.6) is 0 Å². The molecule has 1 N–H and O–H groups in total. The average Bonchev–Trinajstić information content (AvgIpc) is 3.19. The summed E-state index contributed by atoms with van der Waals surface area (Å²) in [4.78, 5) is 2.57. The van der Waals surface area contributed by atoms with Gasteiger partial charge in [-0.1, -0.05) is 19.8 Å². The van der Waals surface area contributed by atoms with Crippen molar-refractivity contribution in [2.75, 3.05) is 33.4 Å². The first-order chi connectivity index (χ1) is 8.69. The lowest BCUT2D eigenvalue weighted by atomic mass is 9.70. The van der Waals surface area contributed by atoms with Gasteiger partial charge >= 0.3 is 0 Å². The molecular weight excluding hydrogens is 226 g/mol. The molecule has 0 aromatic rings. The first kappa shape index (κ1) is 14.3. The quantitative estimate of drug-likeness (QED) is 0.757. The normalized spacial score (nSPS) is 33.0. The average molecular weight is 255 g/mol. The second kappa shape index (κ2) is 6.36. The summed E-state index contributed by atoms with van der Waals surface area (Å²) >= 11 is 0. The molecule has 106 valence electrons. The fourth-order valence-electron chi connectivity index (χ4n) is 3.58. The topological polar surface area (TPSA) is 32.7 Å². The van der Waals surface area contributed by atoms with Gasteiger partial charge in [0.15, 0.2) is 0 Å². The molecule has 0 aliphatic heterocycles. The first-order valence-electron chi connectivity index (χ1n) is 7.53. The molecule has 3 nitrogen and oxygen atoms in total. The van der Waals surface area contributed by atoms with Crippen LogP contribution in [0.4, 0.5) is 0 Å². The molecule has 0 spiro atoms. The minimum absolute atomic E-state index is 0.161. The molecule has 0 aromatic carbocycles. The van der Waals surface area contributed by atoms with E-state index in [0.29, 0.717) is 6.61 Å². The number of rotatable bonds is 7. The Morgan fingerprint density at radius 2 is 2.11 bits per heavy atom. The third-order valence-corrected chi connectivity index (χ3v) is 4.71. The van der Waals surface area contributed by atoms with Crippen LogP contribution in [0, 0.1) is 11.3 Å². The minimum atomic E-state index is 0.161. The van der Waals surface area contributed by atoms with Crippen LogP contribution in [-0.4, -0.2) is 49.5 Å². The maximum absolute atomic E-state index is 9.88. The second-order valence-corrected chi connectivity index (χ2v) is 6.55. The lowest BCUT2D eigenvalue weighted by Crippen LogP contribution is -2.45. The summed E-state index contributed by atoms with van der Waals surface area (Å²) in [6, 6.07) is 0.765. The maximum Gasteiger partial charge on any atom is 0.0589 e. The molecule has 0 heterocycles. The molecule has 2 aliphatic carbocycles. The summed E-state index contributed by atoms with van der Waals surface area (Å²) in [6.07, 6.45) is 7.68. The summed E-state index contributed by atoms with van der Waals surface area (Å²) in [5.41, 5.74) is 0.161. The van der Waals surface area contributed by atoms with Crippen LogP contribution in [0.15, 0.2) is 0 Å². The minimum Gasteiger partial charge on any atom is -0.396 e. The molecular formula is C15H29NO2. The van der Waals surface area contributed by atoms with Gasteiger partial charge < -0.3 is 9.84 Å². The molecule has 0 bridgehead atoms. The summed E-state index contributed by atoms with van der Waals surface area (Å²) in [5, 5.41) is 9.88. The monoisotopic (exact) mass is 255 g/mol. The fourth-order valence-corrected chi connectivity index (χ4v) is 3.58. The van der Waals surface area contributed by atoms with Gasteiger partial charge in [0.25, 0.3) is 0 Å². The number of ether oxygens (including phenoxy) is 1. The van der Waals surface area contributed by atoms with Gasteiger partial charge in [0.05, 0.1) is 6.61 Å². The van der Waals surface area contributed by atoms with Gasteiger partial charge in [-0.05, 0) is 31.6 Å². The lowest BCUT2D eigenvalue weighted by molar-refractivity contribution is 0.0143. The highest BCUT2D eigenvalue weighted by molar-refractivity contribution is 4.92. The van der Waals surface area contributed by atoms with E-state index in [-0.39, 0.29) is 5.41 Å². The zero-order chi connectivity index (χ0) is 13.0. The highest BCUT2D eigenvalue weighted by Crippen LogP contribution is 2.41. The van der Waals surface area contributed by atoms with Gasteiger partial charge in [0, 0.05) is 38.3 Å². The van der Waals surface area contributed by atoms with Gasteiger partial charge in [-0.25, -0.2) is 0 Å². The van der Waals surface area contributed by atoms with Gasteiger partial charge in [-0.2, -0.15) is 0 Å². The van der Waals surface area contributed by atoms with E-state index < -0.39 is 0 Å². The number of aliphatic hydroxyl groups excluding tert-OH is 1. The fraction of sp³-hybridized carbons (Fsp3) is 1.00. The lowest BCUT2D eigenvalue weighted by Gasteiger charge is -2.42. The summed E-state index contributed by atoms with van der Waals surface area (Å²) in [7, 11) is 1.77. The predicted octanol–water partition coefficient (Wildman–Crippen LogP) is 2.29. The van der Waals surface area contributed by atoms with E-state index in [4.69, 9.17) is 4.74 Å². The number of hydrogen-bond donors (Lipinski definition) is 1. The Kier molecular flexibility index (Phi) is 5.05. The first-order valence-corrected chi connectivity index (χ1v) is 7.53. The molecule has 2 unspecified atom stereocenters. The zero-order valence-electron chi connectivity index (χ0n) is 12.0. The van der Waals surface area contributed by atoms with Crippen molar-refractivity contribution in [3.05, 3.63) is 0 Å². The second-order valence-electron chi connectivity index (χ2n) is 6.55. The predicted molar refractivity (Wildman–Crippen MR) is 73.6 cm³/mol. The molecule has 2 atom stereocenters. The van der Waals surface area contributed by atoms with E-state index in [9.17, 15) is 5.11 Å². The zero-order valence-corrected chi connectivity index (χ0v) is 12.0. The maximum atomic E-state index is 9.88. The number of nitrogens with zero attached hydrogens (tertiary/aromatic N) is 1. The van der Waals surface area contributed by atoms with Crippen LogP contribution >= 0.6 is 0 Å². The summed E-state index contributed by atoms with van der Waals surface area (Å²) in [5.74, 6) is 0.773. The molecule has 3 heteroatoms. The third-order valence-electron chi connectivity index (χ3n) is 4.71. The molecule has 2 rings (SSSR count). The standard InChI is InChI=1S/C15H29NO2/c1-13-4-3-7-15(10-13,12-17)11-16(8-9-18-2)14-5-6-14/h13-14,17H,3-12H2,1-2H3. The largest absolute Gasteiger partial charge is 0.396 e. The van der Waals surface area contributed by atoms with Crippen molar-refractivity contribution >= 4 is 0 Å². The van der Waals surface area contributed by atoms with Crippen LogP contribution < -0.4 is 0 Å². The van der Waals surface area contributed by atoms with Crippen molar-refractivity contribution in [3.63, 3.8) is 0 Å². The summed E-state index contributed by atoms with van der Waals surface area (Å²) < 4.78 is 5.22. The Morgan fingerprint density at radius 1 is 1.33 bits per heavy atom. The van der Waals surface area contributed by atoms with Crippen molar-refractivity contribution in [2.24, 2.45) is 11.3 Å². The van der Waals surface area contributed by atoms with Crippen molar-refractivity contribution in [3.8, 4) is 0 Å². The highest BCUT2D eigenvalue weighted by Gasteiger charge is 2.39. The Bertz CT molecular complexity index is 255. The molecule has 0 aromatic heterocycles. The molecule has 0 radical (unpaired) electrons. The number of methoxy groups -OCH3 is 1. The Balaban J connectivity index is 1.93. The van der Waals surface area contributed by atoms with Crippen LogP contribution in [0.2, 0.25) is 0 Å². The Morgan fingerprint density at radius 3 is 2.67 bits per heavy atom. The molecule has 18 heavy (non-hydrogen) atoms. The van der Waals surface area contributed by atoms with Crippen LogP contribution in [0.1, 0.15) is 45.4 Å². The van der Waals surface area contributed by atoms with Gasteiger partial charge in [-0.15, -0.1) is 0 Å². The van der Waals surface area contributed by atoms with Crippen molar-refractivity contribution < 1.29 is 9.84 Å². The molecule has 2 fully saturated rings. The summed E-state index contributed by atoms with van der Waals surface area (Å²) in [6.45, 7) is 5.60. The van der Waals surface area contributed by atoms with E-state index in [1.54, 1.807) is 7.11 Å². The molecule has 0 amide bonds. The number of aliphatic hydroxyl groups is 1. The van der Waals surface area contributed by atoms with E-state index in [1.807, 2.05) is 0 Å². The van der Waals surface area contributed by atoms with Gasteiger partial charge in [0.1, 0.15) is 0 Å². The van der Waals surface area contributed by atoms with Crippen molar-refractivity contribution in [1.82, 2.24) is 4.90 Å². The molecule has 2 aliphatic rings. The van der Waals surface area contributed by atoms with Gasteiger partial charge in [0.2, 0.25) is 0 Å². The van der Waals surface area contributed by atoms with Crippen LogP contribution in [0.25, 0.3) is 0 Å². The Hall–Kier alpha value is -0.120. The van der Waals surface area contributed by atoms with Crippen molar-refractivity contribution in [1.29, 1.82) is 0 Å². The third kappa shape index (κ3) is 3.69.